The lowest BCUT2D eigenvalue weighted by Gasteiger charge is -2.19. The molecule has 1 heterocycles. The number of carbonyl (C=O) groups excluding carboxylic acids is 2. The number of hydrogen-bond donors (Lipinski definition) is 1. The molecule has 0 fully saturated rings. The number of hydrogen-bond acceptors (Lipinski definition) is 11. The van der Waals surface area contributed by atoms with Crippen LogP contribution in [0.15, 0.2) is 24.3 Å². The molecule has 13 heteroatoms. The number of ether oxygens (including phenoxy) is 4. The molecule has 2 aromatic rings. The lowest BCUT2D eigenvalue weighted by atomic mass is 10.1. The Morgan fingerprint density at radius 1 is 0.939 bits per heavy atom. The summed E-state index contributed by atoms with van der Waals surface area (Å²) >= 11 is 1.00. The third-order valence-electron chi connectivity index (χ3n) is 3.76. The Balaban J connectivity index is 2.21. The predicted molar refractivity (Wildman–Crippen MR) is 117 cm³/mol. The molecule has 0 aliphatic rings. The minimum atomic E-state index is -4.18. The van der Waals surface area contributed by atoms with E-state index in [1.165, 1.54) is 0 Å². The number of rotatable bonds is 11. The van der Waals surface area contributed by atoms with Crippen molar-refractivity contribution < 1.29 is 52.1 Å². The van der Waals surface area contributed by atoms with E-state index in [-0.39, 0.29) is 10.4 Å². The number of aromatic carboxylic acids is 1. The van der Waals surface area contributed by atoms with E-state index in [1.807, 2.05) is 0 Å². The summed E-state index contributed by atoms with van der Waals surface area (Å²) in [6, 6.07) is 6.83. The molecule has 0 amide bonds. The number of carboxylic acid groups (broad SMARTS) is 1. The maximum absolute atomic E-state index is 13.4. The summed E-state index contributed by atoms with van der Waals surface area (Å²) in [4.78, 5) is 34.8. The summed E-state index contributed by atoms with van der Waals surface area (Å²) in [6.45, 7) is 4.84. The molecule has 0 spiro atoms. The highest BCUT2D eigenvalue weighted by atomic mass is 32.1. The van der Waals surface area contributed by atoms with E-state index in [9.17, 15) is 24.1 Å². The fourth-order valence-corrected chi connectivity index (χ4v) is 5.08. The standard InChI is InChI=1S/C20H25O11PS/c1-12(2)30-19(23)26-10-28-32(25,29-11-27-20(24)31-13(3)4)9-15-14-7-5-6-8-16(14)33-17(15)18(21)22/h5-8,12-13H,9-11H2,1-4H3,(H,21,22). The van der Waals surface area contributed by atoms with Crippen LogP contribution in [0.4, 0.5) is 9.59 Å². The van der Waals surface area contributed by atoms with Gasteiger partial charge in [-0.25, -0.2) is 14.4 Å². The van der Waals surface area contributed by atoms with Crippen molar-refractivity contribution in [2.45, 2.75) is 46.1 Å². The van der Waals surface area contributed by atoms with Gasteiger partial charge in [-0.15, -0.1) is 11.3 Å². The lowest BCUT2D eigenvalue weighted by Crippen LogP contribution is -2.16. The second-order valence-electron chi connectivity index (χ2n) is 7.10. The Morgan fingerprint density at radius 3 is 1.94 bits per heavy atom. The van der Waals surface area contributed by atoms with E-state index >= 15 is 0 Å². The Labute approximate surface area is 194 Å². The molecule has 1 N–H and O–H groups in total. The highest BCUT2D eigenvalue weighted by molar-refractivity contribution is 7.53. The minimum absolute atomic E-state index is 0.0519. The zero-order valence-electron chi connectivity index (χ0n) is 18.5. The largest absolute Gasteiger partial charge is 0.510 e. The molecular weight excluding hydrogens is 479 g/mol. The van der Waals surface area contributed by atoms with Gasteiger partial charge in [0, 0.05) is 4.70 Å². The first kappa shape index (κ1) is 26.6. The second kappa shape index (κ2) is 12.0. The van der Waals surface area contributed by atoms with Crippen molar-refractivity contribution in [1.82, 2.24) is 0 Å². The Kier molecular flexibility index (Phi) is 9.66. The van der Waals surface area contributed by atoms with Gasteiger partial charge in [0.2, 0.25) is 13.6 Å². The van der Waals surface area contributed by atoms with Gasteiger partial charge in [0.1, 0.15) is 4.88 Å². The molecule has 0 unspecified atom stereocenters. The van der Waals surface area contributed by atoms with Crippen LogP contribution >= 0.6 is 18.9 Å². The van der Waals surface area contributed by atoms with Crippen molar-refractivity contribution in [1.29, 1.82) is 0 Å². The lowest BCUT2D eigenvalue weighted by molar-refractivity contribution is -0.0304. The average molecular weight is 504 g/mol. The van der Waals surface area contributed by atoms with E-state index < -0.39 is 57.8 Å². The van der Waals surface area contributed by atoms with Gasteiger partial charge in [0.15, 0.2) is 0 Å². The monoisotopic (exact) mass is 504 g/mol. The second-order valence-corrected chi connectivity index (χ2v) is 10.2. The van der Waals surface area contributed by atoms with Crippen LogP contribution in [0.5, 0.6) is 0 Å². The van der Waals surface area contributed by atoms with Crippen LogP contribution in [0.1, 0.15) is 42.9 Å². The molecule has 0 bridgehead atoms. The summed E-state index contributed by atoms with van der Waals surface area (Å²) in [5.74, 6) is -1.22. The summed E-state index contributed by atoms with van der Waals surface area (Å²) in [5.41, 5.74) is 0.209. The minimum Gasteiger partial charge on any atom is -0.477 e. The number of thiophene rings is 1. The molecule has 1 aromatic carbocycles. The summed E-state index contributed by atoms with van der Waals surface area (Å²) in [7, 11) is -4.18. The highest BCUT2D eigenvalue weighted by Gasteiger charge is 2.32. The highest BCUT2D eigenvalue weighted by Crippen LogP contribution is 2.53. The smallest absolute Gasteiger partial charge is 0.477 e. The predicted octanol–water partition coefficient (Wildman–Crippen LogP) is 5.36. The topological polar surface area (TPSA) is 144 Å². The molecule has 2 rings (SSSR count). The molecule has 0 saturated heterocycles. The molecule has 0 saturated carbocycles. The van der Waals surface area contributed by atoms with Crippen molar-refractivity contribution >= 4 is 47.3 Å². The maximum Gasteiger partial charge on any atom is 0.510 e. The quantitative estimate of drug-likeness (QED) is 0.240. The SMILES string of the molecule is CC(C)OC(=O)OCOP(=O)(Cc1c(C(=O)O)sc2ccccc12)OCOC(=O)OC(C)C. The van der Waals surface area contributed by atoms with Gasteiger partial charge < -0.3 is 24.1 Å². The molecular formula is C20H25O11PS. The maximum atomic E-state index is 13.4. The molecule has 33 heavy (non-hydrogen) atoms. The Hall–Kier alpha value is -2.66. The molecule has 0 radical (unpaired) electrons. The molecule has 182 valence electrons. The number of carboxylic acids is 1. The van der Waals surface area contributed by atoms with Crippen LogP contribution in [0.2, 0.25) is 0 Å². The van der Waals surface area contributed by atoms with Crippen LogP contribution in [-0.4, -0.2) is 49.2 Å². The van der Waals surface area contributed by atoms with Gasteiger partial charge in [0.25, 0.3) is 0 Å². The molecule has 1 aromatic heterocycles. The first-order valence-corrected chi connectivity index (χ1v) is 12.3. The zero-order valence-corrected chi connectivity index (χ0v) is 20.2. The van der Waals surface area contributed by atoms with E-state index in [4.69, 9.17) is 28.0 Å². The normalized spacial score (nSPS) is 11.6. The van der Waals surface area contributed by atoms with Crippen molar-refractivity contribution in [2.24, 2.45) is 0 Å². The number of fused-ring (bicyclic) bond motifs is 1. The van der Waals surface area contributed by atoms with Crippen LogP contribution in [0.3, 0.4) is 0 Å². The molecule has 0 aliphatic carbocycles. The van der Waals surface area contributed by atoms with Crippen LogP contribution in [0.25, 0.3) is 10.1 Å². The van der Waals surface area contributed by atoms with Gasteiger partial charge in [-0.2, -0.15) is 0 Å². The van der Waals surface area contributed by atoms with Crippen LogP contribution in [-0.2, 0) is 38.7 Å². The first-order valence-electron chi connectivity index (χ1n) is 9.79. The van der Waals surface area contributed by atoms with Gasteiger partial charge in [-0.3, -0.25) is 13.6 Å². The summed E-state index contributed by atoms with van der Waals surface area (Å²) < 4.78 is 43.5. The van der Waals surface area contributed by atoms with Crippen molar-refractivity contribution in [3.63, 3.8) is 0 Å². The van der Waals surface area contributed by atoms with Crippen molar-refractivity contribution in [3.8, 4) is 0 Å². The molecule has 0 aliphatic heterocycles. The number of benzene rings is 1. The zero-order chi connectivity index (χ0) is 24.6. The molecule has 11 nitrogen and oxygen atoms in total. The fraction of sp³-hybridized carbons (Fsp3) is 0.450. The number of carbonyl (C=O) groups is 3. The van der Waals surface area contributed by atoms with Gasteiger partial charge in [0.05, 0.1) is 18.4 Å². The van der Waals surface area contributed by atoms with Gasteiger partial charge >= 0.3 is 25.9 Å². The van der Waals surface area contributed by atoms with Crippen molar-refractivity contribution in [3.05, 3.63) is 34.7 Å². The first-order chi connectivity index (χ1) is 15.5. The van der Waals surface area contributed by atoms with Gasteiger partial charge in [-0.05, 0) is 44.7 Å². The average Bonchev–Trinajstić information content (AvgIpc) is 3.05. The van der Waals surface area contributed by atoms with E-state index in [2.05, 4.69) is 0 Å². The van der Waals surface area contributed by atoms with E-state index in [0.29, 0.717) is 10.1 Å². The Morgan fingerprint density at radius 2 is 1.45 bits per heavy atom. The fourth-order valence-electron chi connectivity index (χ4n) is 2.51. The van der Waals surface area contributed by atoms with Crippen molar-refractivity contribution in [2.75, 3.05) is 13.6 Å². The summed E-state index contributed by atoms with van der Waals surface area (Å²) in [5, 5.41) is 10.1. The van der Waals surface area contributed by atoms with Gasteiger partial charge in [-0.1, -0.05) is 18.2 Å². The third-order valence-corrected chi connectivity index (χ3v) is 6.66. The van der Waals surface area contributed by atoms with E-state index in [1.54, 1.807) is 52.0 Å². The van der Waals surface area contributed by atoms with E-state index in [0.717, 1.165) is 11.3 Å². The molecule has 0 atom stereocenters. The Bertz CT molecular complexity index is 998. The third kappa shape index (κ3) is 8.32. The van der Waals surface area contributed by atoms with Crippen LogP contribution in [0, 0.1) is 0 Å². The summed E-state index contributed by atoms with van der Waals surface area (Å²) in [6.07, 6.45) is -3.49. The van der Waals surface area contributed by atoms with Crippen LogP contribution < -0.4 is 0 Å².